The fourth-order valence-corrected chi connectivity index (χ4v) is 2.87. The molecule has 0 saturated heterocycles. The first kappa shape index (κ1) is 16.8. The fraction of sp³-hybridized carbons (Fsp3) is 0.200. The fourth-order valence-electron chi connectivity index (χ4n) is 2.87. The second-order valence-electron chi connectivity index (χ2n) is 6.07. The largest absolute Gasteiger partial charge is 0.466 e. The van der Waals surface area contributed by atoms with Gasteiger partial charge in [0.05, 0.1) is 6.21 Å². The van der Waals surface area contributed by atoms with E-state index in [1.807, 2.05) is 52.0 Å². The molecular formula is C20H21N3O2. The summed E-state index contributed by atoms with van der Waals surface area (Å²) >= 11 is 0. The number of benzene rings is 1. The summed E-state index contributed by atoms with van der Waals surface area (Å²) in [4.78, 5) is 12.4. The van der Waals surface area contributed by atoms with Gasteiger partial charge in [-0.2, -0.15) is 5.10 Å². The second-order valence-corrected chi connectivity index (χ2v) is 6.07. The van der Waals surface area contributed by atoms with Crippen molar-refractivity contribution >= 4 is 12.1 Å². The number of carbonyl (C=O) groups is 1. The summed E-state index contributed by atoms with van der Waals surface area (Å²) in [6.07, 6.45) is 1.59. The lowest BCUT2D eigenvalue weighted by Crippen LogP contribution is -2.18. The van der Waals surface area contributed by atoms with Crippen LogP contribution >= 0.6 is 0 Å². The first-order chi connectivity index (χ1) is 12.0. The Labute approximate surface area is 147 Å². The molecule has 0 aliphatic heterocycles. The molecule has 0 radical (unpaired) electrons. The molecule has 0 spiro atoms. The molecule has 0 atom stereocenters. The van der Waals surface area contributed by atoms with Crippen molar-refractivity contribution in [3.05, 3.63) is 76.5 Å². The molecule has 0 saturated carbocycles. The smallest absolute Gasteiger partial charge is 0.271 e. The molecule has 3 aromatic rings. The molecule has 25 heavy (non-hydrogen) atoms. The van der Waals surface area contributed by atoms with Gasteiger partial charge in [0, 0.05) is 28.2 Å². The molecule has 2 heterocycles. The lowest BCUT2D eigenvalue weighted by atomic mass is 10.2. The Bertz CT molecular complexity index is 928. The van der Waals surface area contributed by atoms with Crippen molar-refractivity contribution in [2.45, 2.75) is 27.7 Å². The van der Waals surface area contributed by atoms with E-state index in [1.54, 1.807) is 12.3 Å². The normalized spacial score (nSPS) is 11.2. The van der Waals surface area contributed by atoms with Gasteiger partial charge in [-0.1, -0.05) is 6.07 Å². The zero-order valence-corrected chi connectivity index (χ0v) is 14.8. The number of hydrogen-bond donors (Lipinski definition) is 1. The van der Waals surface area contributed by atoms with Crippen LogP contribution in [0.3, 0.4) is 0 Å². The summed E-state index contributed by atoms with van der Waals surface area (Å²) < 4.78 is 7.54. The number of hydrazone groups is 1. The molecule has 128 valence electrons. The van der Waals surface area contributed by atoms with Gasteiger partial charge < -0.3 is 8.98 Å². The van der Waals surface area contributed by atoms with Crippen molar-refractivity contribution in [3.8, 4) is 5.69 Å². The van der Waals surface area contributed by atoms with Crippen molar-refractivity contribution in [2.75, 3.05) is 0 Å². The number of nitrogens with zero attached hydrogens (tertiary/aromatic N) is 2. The number of amides is 1. The van der Waals surface area contributed by atoms with Gasteiger partial charge in [-0.25, -0.2) is 5.43 Å². The molecule has 1 amide bonds. The third-order valence-corrected chi connectivity index (χ3v) is 4.09. The van der Waals surface area contributed by atoms with Crippen molar-refractivity contribution in [1.82, 2.24) is 9.99 Å². The molecule has 0 bridgehead atoms. The van der Waals surface area contributed by atoms with Gasteiger partial charge in [0.25, 0.3) is 5.91 Å². The van der Waals surface area contributed by atoms with E-state index < -0.39 is 0 Å². The summed E-state index contributed by atoms with van der Waals surface area (Å²) in [6.45, 7) is 7.82. The number of aromatic nitrogens is 1. The van der Waals surface area contributed by atoms with E-state index in [4.69, 9.17) is 4.42 Å². The highest BCUT2D eigenvalue weighted by Gasteiger charge is 2.09. The summed E-state index contributed by atoms with van der Waals surface area (Å²) in [5, 5.41) is 4.03. The van der Waals surface area contributed by atoms with Crippen LogP contribution in [-0.2, 0) is 0 Å². The second kappa shape index (κ2) is 6.81. The van der Waals surface area contributed by atoms with E-state index in [1.165, 1.54) is 0 Å². The number of aryl methyl sites for hydroxylation is 4. The van der Waals surface area contributed by atoms with Gasteiger partial charge in [-0.05, 0) is 64.1 Å². The van der Waals surface area contributed by atoms with Crippen molar-refractivity contribution in [3.63, 3.8) is 0 Å². The predicted octanol–water partition coefficient (Wildman–Crippen LogP) is 4.07. The lowest BCUT2D eigenvalue weighted by molar-refractivity contribution is 0.0955. The summed E-state index contributed by atoms with van der Waals surface area (Å²) in [5.41, 5.74) is 7.18. The number of rotatable bonds is 4. The molecule has 1 aromatic carbocycles. The van der Waals surface area contributed by atoms with Crippen LogP contribution in [0, 0.1) is 27.7 Å². The van der Waals surface area contributed by atoms with E-state index in [9.17, 15) is 4.79 Å². The van der Waals surface area contributed by atoms with E-state index in [2.05, 4.69) is 27.2 Å². The Kier molecular flexibility index (Phi) is 4.57. The standard InChI is InChI=1S/C20H21N3O2/c1-13-8-9-14(2)23(13)19-7-5-6-17(11-19)20(24)22-21-12-18-10-15(3)25-16(18)4/h5-12H,1-4H3,(H,22,24)/b21-12+. The Hall–Kier alpha value is -3.08. The van der Waals surface area contributed by atoms with Crippen LogP contribution in [0.25, 0.3) is 5.69 Å². The molecule has 1 N–H and O–H groups in total. The van der Waals surface area contributed by atoms with Gasteiger partial charge in [0.2, 0.25) is 0 Å². The third-order valence-electron chi connectivity index (χ3n) is 4.09. The first-order valence-electron chi connectivity index (χ1n) is 8.11. The molecule has 0 fully saturated rings. The molecule has 2 aromatic heterocycles. The molecule has 5 heteroatoms. The zero-order valence-electron chi connectivity index (χ0n) is 14.8. The molecule has 5 nitrogen and oxygen atoms in total. The van der Waals surface area contributed by atoms with Crippen LogP contribution < -0.4 is 5.43 Å². The third kappa shape index (κ3) is 3.55. The minimum atomic E-state index is -0.251. The van der Waals surface area contributed by atoms with Crippen LogP contribution in [0.15, 0.2) is 52.0 Å². The lowest BCUT2D eigenvalue weighted by Gasteiger charge is -2.10. The summed E-state index contributed by atoms with van der Waals surface area (Å²) in [5.74, 6) is 1.34. The Morgan fingerprint density at radius 3 is 2.44 bits per heavy atom. The summed E-state index contributed by atoms with van der Waals surface area (Å²) in [7, 11) is 0. The quantitative estimate of drug-likeness (QED) is 0.577. The SMILES string of the molecule is Cc1cc(/C=N/NC(=O)c2cccc(-n3c(C)ccc3C)c2)c(C)o1. The van der Waals surface area contributed by atoms with Crippen LogP contribution in [0.1, 0.15) is 38.8 Å². The number of carbonyl (C=O) groups excluding carboxylic acids is 1. The maximum atomic E-state index is 12.4. The average Bonchev–Trinajstić information content (AvgIpc) is 3.08. The minimum Gasteiger partial charge on any atom is -0.466 e. The molecular weight excluding hydrogens is 314 g/mol. The number of nitrogens with one attached hydrogen (secondary N) is 1. The Morgan fingerprint density at radius 2 is 1.80 bits per heavy atom. The Balaban J connectivity index is 1.77. The van der Waals surface area contributed by atoms with Crippen molar-refractivity contribution < 1.29 is 9.21 Å². The van der Waals surface area contributed by atoms with Gasteiger partial charge in [0.15, 0.2) is 0 Å². The highest BCUT2D eigenvalue weighted by atomic mass is 16.3. The molecule has 0 unspecified atom stereocenters. The van der Waals surface area contributed by atoms with Gasteiger partial charge in [-0.15, -0.1) is 0 Å². The number of furan rings is 1. The van der Waals surface area contributed by atoms with E-state index in [0.29, 0.717) is 5.56 Å². The van der Waals surface area contributed by atoms with E-state index in [-0.39, 0.29) is 5.91 Å². The topological polar surface area (TPSA) is 59.5 Å². The van der Waals surface area contributed by atoms with E-state index >= 15 is 0 Å². The van der Waals surface area contributed by atoms with Crippen LogP contribution in [0.2, 0.25) is 0 Å². The van der Waals surface area contributed by atoms with Gasteiger partial charge in [0.1, 0.15) is 11.5 Å². The highest BCUT2D eigenvalue weighted by molar-refractivity contribution is 5.95. The van der Waals surface area contributed by atoms with Crippen molar-refractivity contribution in [1.29, 1.82) is 0 Å². The minimum absolute atomic E-state index is 0.251. The predicted molar refractivity (Wildman–Crippen MR) is 98.5 cm³/mol. The summed E-state index contributed by atoms with van der Waals surface area (Å²) in [6, 6.07) is 13.5. The Morgan fingerprint density at radius 1 is 1.08 bits per heavy atom. The molecule has 0 aliphatic carbocycles. The molecule has 3 rings (SSSR count). The monoisotopic (exact) mass is 335 g/mol. The first-order valence-corrected chi connectivity index (χ1v) is 8.11. The van der Waals surface area contributed by atoms with Crippen molar-refractivity contribution in [2.24, 2.45) is 5.10 Å². The van der Waals surface area contributed by atoms with Gasteiger partial charge in [-0.3, -0.25) is 4.79 Å². The maximum Gasteiger partial charge on any atom is 0.271 e. The zero-order chi connectivity index (χ0) is 18.0. The maximum absolute atomic E-state index is 12.4. The van der Waals surface area contributed by atoms with Crippen LogP contribution in [0.5, 0.6) is 0 Å². The average molecular weight is 335 g/mol. The molecule has 0 aliphatic rings. The highest BCUT2D eigenvalue weighted by Crippen LogP contribution is 2.17. The van der Waals surface area contributed by atoms with Crippen LogP contribution in [0.4, 0.5) is 0 Å². The number of hydrogen-bond acceptors (Lipinski definition) is 3. The van der Waals surface area contributed by atoms with E-state index in [0.717, 1.165) is 34.2 Å². The van der Waals surface area contributed by atoms with Crippen LogP contribution in [-0.4, -0.2) is 16.7 Å². The van der Waals surface area contributed by atoms with Gasteiger partial charge >= 0.3 is 0 Å².